The molecule has 0 atom stereocenters. The average Bonchev–Trinajstić information content (AvgIpc) is 2.46. The molecule has 0 radical (unpaired) electrons. The third kappa shape index (κ3) is 1.99. The number of pyridine rings is 1. The topological polar surface area (TPSA) is 42.1 Å². The molecule has 0 amide bonds. The minimum atomic E-state index is -0.111. The smallest absolute Gasteiger partial charge is 0.249 e. The number of benzene rings is 2. The molecule has 0 fully saturated rings. The van der Waals surface area contributed by atoms with Gasteiger partial charge < -0.3 is 9.72 Å². The number of rotatable bonds is 2. The van der Waals surface area contributed by atoms with Gasteiger partial charge in [0.25, 0.3) is 0 Å². The van der Waals surface area contributed by atoms with Gasteiger partial charge in [-0.3, -0.25) is 4.79 Å². The molecule has 3 heteroatoms. The van der Waals surface area contributed by atoms with Gasteiger partial charge in [0.2, 0.25) is 5.56 Å². The quantitative estimate of drug-likeness (QED) is 0.760. The van der Waals surface area contributed by atoms with Crippen LogP contribution in [0, 0.1) is 0 Å². The fourth-order valence-corrected chi connectivity index (χ4v) is 2.29. The lowest BCUT2D eigenvalue weighted by Gasteiger charge is -2.10. The number of fused-ring (bicyclic) bond motifs is 1. The Labute approximate surface area is 110 Å². The lowest BCUT2D eigenvalue weighted by atomic mass is 10.0. The molecule has 0 aliphatic rings. The van der Waals surface area contributed by atoms with Crippen molar-refractivity contribution in [1.82, 2.24) is 4.98 Å². The van der Waals surface area contributed by atoms with Crippen molar-refractivity contribution in [3.8, 4) is 16.9 Å². The Hall–Kier alpha value is -2.55. The summed E-state index contributed by atoms with van der Waals surface area (Å²) in [6.07, 6.45) is 0. The summed E-state index contributed by atoms with van der Waals surface area (Å²) in [5.41, 5.74) is 2.53. The van der Waals surface area contributed by atoms with E-state index in [1.54, 1.807) is 13.2 Å². The summed E-state index contributed by atoms with van der Waals surface area (Å²) in [5, 5.41) is 1.01. The number of aromatic nitrogens is 1. The van der Waals surface area contributed by atoms with Crippen molar-refractivity contribution in [2.75, 3.05) is 7.11 Å². The van der Waals surface area contributed by atoms with Gasteiger partial charge in [0.05, 0.1) is 7.11 Å². The number of ether oxygens (including phenoxy) is 1. The van der Waals surface area contributed by atoms with Crippen molar-refractivity contribution in [1.29, 1.82) is 0 Å². The highest BCUT2D eigenvalue weighted by Gasteiger charge is 2.09. The van der Waals surface area contributed by atoms with E-state index >= 15 is 0 Å². The lowest BCUT2D eigenvalue weighted by Crippen LogP contribution is -2.05. The van der Waals surface area contributed by atoms with Crippen molar-refractivity contribution >= 4 is 10.9 Å². The molecule has 1 N–H and O–H groups in total. The predicted molar refractivity (Wildman–Crippen MR) is 76.6 cm³/mol. The van der Waals surface area contributed by atoms with E-state index in [0.29, 0.717) is 0 Å². The summed E-state index contributed by atoms with van der Waals surface area (Å²) < 4.78 is 5.38. The molecule has 3 rings (SSSR count). The van der Waals surface area contributed by atoms with Crippen LogP contribution in [0.25, 0.3) is 22.0 Å². The highest BCUT2D eigenvalue weighted by atomic mass is 16.5. The van der Waals surface area contributed by atoms with Gasteiger partial charge in [-0.15, -0.1) is 0 Å². The van der Waals surface area contributed by atoms with Crippen LogP contribution in [-0.2, 0) is 0 Å². The number of nitrogens with one attached hydrogen (secondary N) is 1. The van der Waals surface area contributed by atoms with Gasteiger partial charge in [0, 0.05) is 28.1 Å². The minimum absolute atomic E-state index is 0.111. The van der Waals surface area contributed by atoms with Crippen molar-refractivity contribution in [3.05, 3.63) is 65.0 Å². The maximum absolute atomic E-state index is 11.8. The molecule has 19 heavy (non-hydrogen) atoms. The Morgan fingerprint density at radius 1 is 0.947 bits per heavy atom. The van der Waals surface area contributed by atoms with Gasteiger partial charge in [-0.05, 0) is 12.1 Å². The van der Waals surface area contributed by atoms with Gasteiger partial charge in [-0.1, -0.05) is 36.4 Å². The zero-order valence-electron chi connectivity index (χ0n) is 10.5. The highest BCUT2D eigenvalue weighted by Crippen LogP contribution is 2.32. The van der Waals surface area contributed by atoms with E-state index in [1.165, 1.54) is 0 Å². The zero-order chi connectivity index (χ0) is 13.2. The number of hydrogen-bond donors (Lipinski definition) is 1. The van der Waals surface area contributed by atoms with E-state index in [1.807, 2.05) is 48.5 Å². The molecule has 1 heterocycles. The number of para-hydroxylation sites is 2. The van der Waals surface area contributed by atoms with E-state index in [0.717, 1.165) is 27.8 Å². The summed E-state index contributed by atoms with van der Waals surface area (Å²) >= 11 is 0. The third-order valence-electron chi connectivity index (χ3n) is 3.15. The third-order valence-corrected chi connectivity index (χ3v) is 3.15. The second kappa shape index (κ2) is 4.61. The van der Waals surface area contributed by atoms with E-state index in [9.17, 15) is 4.79 Å². The first kappa shape index (κ1) is 11.5. The van der Waals surface area contributed by atoms with E-state index in [2.05, 4.69) is 4.98 Å². The van der Waals surface area contributed by atoms with Crippen LogP contribution >= 0.6 is 0 Å². The first-order chi connectivity index (χ1) is 9.29. The second-order valence-electron chi connectivity index (χ2n) is 4.29. The van der Waals surface area contributed by atoms with Crippen molar-refractivity contribution in [2.24, 2.45) is 0 Å². The highest BCUT2D eigenvalue weighted by molar-refractivity contribution is 5.95. The molecule has 0 saturated carbocycles. The predicted octanol–water partition coefficient (Wildman–Crippen LogP) is 3.20. The van der Waals surface area contributed by atoms with Crippen LogP contribution in [0.15, 0.2) is 59.4 Å². The normalized spacial score (nSPS) is 10.6. The fraction of sp³-hybridized carbons (Fsp3) is 0.0625. The molecule has 2 aromatic carbocycles. The zero-order valence-corrected chi connectivity index (χ0v) is 10.5. The first-order valence-electron chi connectivity index (χ1n) is 6.05. The van der Waals surface area contributed by atoms with Crippen LogP contribution in [0.3, 0.4) is 0 Å². The maximum atomic E-state index is 11.8. The average molecular weight is 251 g/mol. The molecule has 3 nitrogen and oxygen atoms in total. The lowest BCUT2D eigenvalue weighted by molar-refractivity contribution is 0.416. The van der Waals surface area contributed by atoms with Gasteiger partial charge in [-0.2, -0.15) is 0 Å². The Bertz CT molecular complexity index is 790. The molecule has 0 saturated heterocycles. The number of methoxy groups -OCH3 is 1. The van der Waals surface area contributed by atoms with Crippen LogP contribution in [0.5, 0.6) is 5.75 Å². The maximum Gasteiger partial charge on any atom is 0.249 e. The van der Waals surface area contributed by atoms with Crippen LogP contribution in [0.1, 0.15) is 0 Å². The minimum Gasteiger partial charge on any atom is -0.496 e. The summed E-state index contributed by atoms with van der Waals surface area (Å²) in [5.74, 6) is 0.762. The summed E-state index contributed by atoms with van der Waals surface area (Å²) in [6.45, 7) is 0. The van der Waals surface area contributed by atoms with Crippen molar-refractivity contribution in [3.63, 3.8) is 0 Å². The standard InChI is InChI=1S/C16H13NO2/c1-19-15-9-5-3-7-12(15)13-10-16(18)17-14-8-4-2-6-11(13)14/h2-10H,1H3,(H,17,18). The molecule has 1 aromatic heterocycles. The van der Waals surface area contributed by atoms with Gasteiger partial charge >= 0.3 is 0 Å². The van der Waals surface area contributed by atoms with Crippen molar-refractivity contribution < 1.29 is 4.74 Å². The molecule has 0 unspecified atom stereocenters. The summed E-state index contributed by atoms with van der Waals surface area (Å²) in [7, 11) is 1.63. The van der Waals surface area contributed by atoms with Gasteiger partial charge in [0.1, 0.15) is 5.75 Å². The Kier molecular flexibility index (Phi) is 2.80. The first-order valence-corrected chi connectivity index (χ1v) is 6.05. The number of H-pyrrole nitrogens is 1. The largest absolute Gasteiger partial charge is 0.496 e. The van der Waals surface area contributed by atoms with Gasteiger partial charge in [0.15, 0.2) is 0 Å². The molecular formula is C16H13NO2. The van der Waals surface area contributed by atoms with E-state index in [-0.39, 0.29) is 5.56 Å². The summed E-state index contributed by atoms with van der Waals surface area (Å²) in [6, 6.07) is 17.1. The van der Waals surface area contributed by atoms with E-state index < -0.39 is 0 Å². The van der Waals surface area contributed by atoms with Gasteiger partial charge in [-0.25, -0.2) is 0 Å². The molecule has 0 aliphatic heterocycles. The van der Waals surface area contributed by atoms with E-state index in [4.69, 9.17) is 4.74 Å². The number of aromatic amines is 1. The molecule has 94 valence electrons. The Balaban J connectivity index is 2.39. The molecule has 0 bridgehead atoms. The molecule has 3 aromatic rings. The molecule has 0 aliphatic carbocycles. The van der Waals surface area contributed by atoms with Crippen molar-refractivity contribution in [2.45, 2.75) is 0 Å². The molecular weight excluding hydrogens is 238 g/mol. The fourth-order valence-electron chi connectivity index (χ4n) is 2.29. The van der Waals surface area contributed by atoms with Crippen LogP contribution in [0.4, 0.5) is 0 Å². The second-order valence-corrected chi connectivity index (χ2v) is 4.29. The number of hydrogen-bond acceptors (Lipinski definition) is 2. The SMILES string of the molecule is COc1ccccc1-c1cc(=O)[nH]c2ccccc12. The summed E-state index contributed by atoms with van der Waals surface area (Å²) in [4.78, 5) is 14.6. The Morgan fingerprint density at radius 2 is 1.68 bits per heavy atom. The Morgan fingerprint density at radius 3 is 2.53 bits per heavy atom. The molecule has 0 spiro atoms. The van der Waals surface area contributed by atoms with Crippen LogP contribution in [0.2, 0.25) is 0 Å². The van der Waals surface area contributed by atoms with Crippen LogP contribution in [-0.4, -0.2) is 12.1 Å². The van der Waals surface area contributed by atoms with Crippen LogP contribution < -0.4 is 10.3 Å². The monoisotopic (exact) mass is 251 g/mol.